The fraction of sp³-hybridized carbons (Fsp3) is 0.400. The van der Waals surface area contributed by atoms with Gasteiger partial charge in [-0.05, 0) is 43.2 Å². The van der Waals surface area contributed by atoms with Gasteiger partial charge in [0, 0.05) is 36.8 Å². The Labute approximate surface area is 191 Å². The van der Waals surface area contributed by atoms with Crippen LogP contribution in [0, 0.1) is 0 Å². The number of nitrogens with zero attached hydrogens (tertiary/aromatic N) is 2. The van der Waals surface area contributed by atoms with Crippen molar-refractivity contribution in [2.75, 3.05) is 50.6 Å². The summed E-state index contributed by atoms with van der Waals surface area (Å²) >= 11 is 2.84. The molecule has 0 bridgehead atoms. The number of nitrogens with one attached hydrogen (secondary N) is 2. The molecule has 1 saturated heterocycles. The molecule has 0 unspecified atom stereocenters. The van der Waals surface area contributed by atoms with E-state index in [1.807, 2.05) is 20.2 Å². The summed E-state index contributed by atoms with van der Waals surface area (Å²) in [6.07, 6.45) is 0. The second-order valence-electron chi connectivity index (χ2n) is 7.30. The Hall–Kier alpha value is -1.92. The zero-order valence-electron chi connectivity index (χ0n) is 17.5. The summed E-state index contributed by atoms with van der Waals surface area (Å²) in [5.74, 6) is 0.955. The average Bonchev–Trinajstić information content (AvgIpc) is 3.23. The lowest BCUT2D eigenvalue weighted by atomic mass is 10.2. The Balaban J connectivity index is 1.65. The van der Waals surface area contributed by atoms with Crippen molar-refractivity contribution in [1.82, 2.24) is 14.5 Å². The SMILES string of the molecule is CN(C)CC(=O)Nc1cccc(CNC(=O)c2sccc2S(=O)(=O)N2CCSCC2)c1. The molecule has 168 valence electrons. The number of carbonyl (C=O) groups is 2. The zero-order valence-corrected chi connectivity index (χ0v) is 19.9. The molecule has 2 amide bonds. The zero-order chi connectivity index (χ0) is 22.4. The lowest BCUT2D eigenvalue weighted by molar-refractivity contribution is -0.116. The van der Waals surface area contributed by atoms with Crippen molar-refractivity contribution in [3.63, 3.8) is 0 Å². The Bertz CT molecular complexity index is 1030. The first-order chi connectivity index (χ1) is 14.8. The number of amides is 2. The van der Waals surface area contributed by atoms with Gasteiger partial charge < -0.3 is 15.5 Å². The predicted octanol–water partition coefficient (Wildman–Crippen LogP) is 1.92. The summed E-state index contributed by atoms with van der Waals surface area (Å²) in [6.45, 7) is 1.40. The van der Waals surface area contributed by atoms with Crippen molar-refractivity contribution in [3.05, 3.63) is 46.2 Å². The first kappa shape index (κ1) is 23.7. The summed E-state index contributed by atoms with van der Waals surface area (Å²) in [5, 5.41) is 7.24. The maximum Gasteiger partial charge on any atom is 0.263 e. The maximum atomic E-state index is 13.0. The second kappa shape index (κ2) is 10.6. The molecule has 0 radical (unpaired) electrons. The largest absolute Gasteiger partial charge is 0.347 e. The highest BCUT2D eigenvalue weighted by molar-refractivity contribution is 7.99. The van der Waals surface area contributed by atoms with Crippen molar-refractivity contribution in [2.24, 2.45) is 0 Å². The molecule has 1 aliphatic heterocycles. The molecule has 1 aromatic carbocycles. The van der Waals surface area contributed by atoms with Crippen LogP contribution in [0.5, 0.6) is 0 Å². The number of sulfonamides is 1. The van der Waals surface area contributed by atoms with Crippen LogP contribution in [0.15, 0.2) is 40.6 Å². The lowest BCUT2D eigenvalue weighted by Gasteiger charge is -2.25. The summed E-state index contributed by atoms with van der Waals surface area (Å²) in [4.78, 5) is 26.7. The standard InChI is InChI=1S/C20H26N4O4S3/c1-23(2)14-18(25)22-16-5-3-4-15(12-16)13-21-20(26)19-17(6-9-30-19)31(27,28)24-7-10-29-11-8-24/h3-6,9,12H,7-8,10-11,13-14H2,1-2H3,(H,21,26)(H,22,25). The number of thiophene rings is 1. The molecule has 0 saturated carbocycles. The molecular weight excluding hydrogens is 456 g/mol. The van der Waals surface area contributed by atoms with E-state index in [1.54, 1.807) is 40.2 Å². The van der Waals surface area contributed by atoms with Crippen LogP contribution in [0.4, 0.5) is 5.69 Å². The number of rotatable bonds is 8. The third-order valence-electron chi connectivity index (χ3n) is 4.55. The number of hydrogen-bond acceptors (Lipinski definition) is 7. The predicted molar refractivity (Wildman–Crippen MR) is 125 cm³/mol. The third kappa shape index (κ3) is 6.30. The fourth-order valence-electron chi connectivity index (χ4n) is 3.10. The Morgan fingerprint density at radius 3 is 2.61 bits per heavy atom. The Morgan fingerprint density at radius 1 is 1.16 bits per heavy atom. The highest BCUT2D eigenvalue weighted by Gasteiger charge is 2.31. The van der Waals surface area contributed by atoms with Gasteiger partial charge in [-0.25, -0.2) is 8.42 Å². The van der Waals surface area contributed by atoms with Gasteiger partial charge in [0.05, 0.1) is 6.54 Å². The average molecular weight is 483 g/mol. The highest BCUT2D eigenvalue weighted by atomic mass is 32.2. The van der Waals surface area contributed by atoms with Gasteiger partial charge in [0.2, 0.25) is 15.9 Å². The van der Waals surface area contributed by atoms with Gasteiger partial charge in [0.1, 0.15) is 9.77 Å². The quantitative estimate of drug-likeness (QED) is 0.597. The number of anilines is 1. The molecule has 0 aliphatic carbocycles. The molecule has 3 rings (SSSR count). The molecule has 2 N–H and O–H groups in total. The summed E-state index contributed by atoms with van der Waals surface area (Å²) in [7, 11) is -0.0608. The van der Waals surface area contributed by atoms with Crippen molar-refractivity contribution >= 4 is 50.6 Å². The van der Waals surface area contributed by atoms with E-state index in [2.05, 4.69) is 10.6 Å². The smallest absolute Gasteiger partial charge is 0.263 e. The van der Waals surface area contributed by atoms with Crippen molar-refractivity contribution in [2.45, 2.75) is 11.4 Å². The van der Waals surface area contributed by atoms with Gasteiger partial charge in [0.25, 0.3) is 5.91 Å². The maximum absolute atomic E-state index is 13.0. The Kier molecular flexibility index (Phi) is 8.11. The minimum absolute atomic E-state index is 0.0617. The van der Waals surface area contributed by atoms with Gasteiger partial charge in [-0.3, -0.25) is 9.59 Å². The van der Waals surface area contributed by atoms with Crippen LogP contribution in [0.25, 0.3) is 0 Å². The molecule has 2 heterocycles. The van der Waals surface area contributed by atoms with Gasteiger partial charge in [-0.15, -0.1) is 11.3 Å². The minimum atomic E-state index is -3.69. The van der Waals surface area contributed by atoms with Crippen molar-refractivity contribution in [3.8, 4) is 0 Å². The second-order valence-corrected chi connectivity index (χ2v) is 11.3. The monoisotopic (exact) mass is 482 g/mol. The van der Waals surface area contributed by atoms with Crippen molar-refractivity contribution in [1.29, 1.82) is 0 Å². The van der Waals surface area contributed by atoms with Crippen molar-refractivity contribution < 1.29 is 18.0 Å². The molecule has 1 fully saturated rings. The summed E-state index contributed by atoms with van der Waals surface area (Å²) < 4.78 is 27.4. The fourth-order valence-corrected chi connectivity index (χ4v) is 6.99. The highest BCUT2D eigenvalue weighted by Crippen LogP contribution is 2.27. The first-order valence-electron chi connectivity index (χ1n) is 9.74. The number of hydrogen-bond donors (Lipinski definition) is 2. The normalized spacial score (nSPS) is 15.1. The first-order valence-corrected chi connectivity index (χ1v) is 13.2. The molecule has 11 heteroatoms. The number of thioether (sulfide) groups is 1. The van der Waals surface area contributed by atoms with Gasteiger partial charge in [-0.1, -0.05) is 12.1 Å². The van der Waals surface area contributed by atoms with Crippen LogP contribution in [-0.4, -0.2) is 74.7 Å². The van der Waals surface area contributed by atoms with E-state index in [0.717, 1.165) is 28.4 Å². The Morgan fingerprint density at radius 2 is 1.90 bits per heavy atom. The summed E-state index contributed by atoms with van der Waals surface area (Å²) in [6, 6.07) is 8.68. The number of likely N-dealkylation sites (N-methyl/N-ethyl adjacent to an activating group) is 1. The molecule has 0 atom stereocenters. The van der Waals surface area contributed by atoms with E-state index in [1.165, 1.54) is 10.4 Å². The van der Waals surface area contributed by atoms with E-state index in [4.69, 9.17) is 0 Å². The lowest BCUT2D eigenvalue weighted by Crippen LogP contribution is -2.38. The minimum Gasteiger partial charge on any atom is -0.347 e. The van der Waals surface area contributed by atoms with E-state index in [9.17, 15) is 18.0 Å². The van der Waals surface area contributed by atoms with Gasteiger partial charge in [-0.2, -0.15) is 16.1 Å². The molecule has 31 heavy (non-hydrogen) atoms. The van der Waals surface area contributed by atoms with Crippen LogP contribution in [0.3, 0.4) is 0 Å². The van der Waals surface area contributed by atoms with E-state index < -0.39 is 15.9 Å². The third-order valence-corrected chi connectivity index (χ3v) is 8.47. The number of benzene rings is 1. The van der Waals surface area contributed by atoms with E-state index in [0.29, 0.717) is 18.8 Å². The van der Waals surface area contributed by atoms with Crippen LogP contribution in [-0.2, 0) is 21.4 Å². The molecular formula is C20H26N4O4S3. The topological polar surface area (TPSA) is 98.8 Å². The molecule has 0 spiro atoms. The van der Waals surface area contributed by atoms with E-state index >= 15 is 0 Å². The van der Waals surface area contributed by atoms with Crippen LogP contribution in [0.2, 0.25) is 0 Å². The summed E-state index contributed by atoms with van der Waals surface area (Å²) in [5.41, 5.74) is 1.44. The molecule has 2 aromatic rings. The molecule has 8 nitrogen and oxygen atoms in total. The van der Waals surface area contributed by atoms with Crippen LogP contribution in [0.1, 0.15) is 15.2 Å². The van der Waals surface area contributed by atoms with Gasteiger partial charge in [0.15, 0.2) is 0 Å². The molecule has 1 aromatic heterocycles. The van der Waals surface area contributed by atoms with E-state index in [-0.39, 0.29) is 28.8 Å². The molecule has 1 aliphatic rings. The van der Waals surface area contributed by atoms with Crippen LogP contribution < -0.4 is 10.6 Å². The van der Waals surface area contributed by atoms with Gasteiger partial charge >= 0.3 is 0 Å². The number of carbonyl (C=O) groups excluding carboxylic acids is 2. The van der Waals surface area contributed by atoms with Crippen LogP contribution >= 0.6 is 23.1 Å².